The summed E-state index contributed by atoms with van der Waals surface area (Å²) in [7, 11) is 3.23. The van der Waals surface area contributed by atoms with Crippen molar-refractivity contribution in [1.82, 2.24) is 9.47 Å². The number of aromatic nitrogens is 1. The predicted octanol–water partition coefficient (Wildman–Crippen LogP) is 4.58. The van der Waals surface area contributed by atoms with Gasteiger partial charge in [-0.15, -0.1) is 0 Å². The minimum atomic E-state index is -0.388. The van der Waals surface area contributed by atoms with Crippen LogP contribution in [0.1, 0.15) is 48.4 Å². The molecule has 1 amide bonds. The largest absolute Gasteiger partial charge is 0.497 e. The number of carbonyl (C=O) groups excluding carboxylic acids is 1. The summed E-state index contributed by atoms with van der Waals surface area (Å²) in [4.78, 5) is 28.0. The molecule has 1 N–H and O–H groups in total. The number of nitrogens with zero attached hydrogens (tertiary/aromatic N) is 3. The van der Waals surface area contributed by atoms with Crippen LogP contribution in [-0.2, 0) is 18.4 Å². The summed E-state index contributed by atoms with van der Waals surface area (Å²) in [6.07, 6.45) is 4.72. The fraction of sp³-hybridized carbons (Fsp3) is 0.360. The van der Waals surface area contributed by atoms with E-state index in [0.717, 1.165) is 30.6 Å². The van der Waals surface area contributed by atoms with E-state index >= 15 is 0 Å². The number of hydrogen-bond acceptors (Lipinski definition) is 7. The van der Waals surface area contributed by atoms with Crippen molar-refractivity contribution in [2.75, 3.05) is 19.0 Å². The number of hydrogen-bond donors (Lipinski definition) is 1. The molecular formula is C25H28N4O3S2. The standard InChI is InChI=1S/C25H28N4O3S2/c1-5-6-7-12-29-24(31)21(34-25(29)33)13-19-16(2)20(14-26)23(30)28(3)22(19)27-15-17-8-10-18(32-4)11-9-17/h8-11,13,27H,5-7,12,15H2,1-4H3/b21-13+. The van der Waals surface area contributed by atoms with Gasteiger partial charge in [0.25, 0.3) is 11.5 Å². The molecule has 1 fully saturated rings. The maximum atomic E-state index is 13.1. The lowest BCUT2D eigenvalue weighted by atomic mass is 10.0. The van der Waals surface area contributed by atoms with Crippen LogP contribution in [0.2, 0.25) is 0 Å². The summed E-state index contributed by atoms with van der Waals surface area (Å²) in [5.74, 6) is 1.15. The molecule has 1 aliphatic rings. The fourth-order valence-corrected chi connectivity index (χ4v) is 5.01. The second kappa shape index (κ2) is 11.4. The zero-order valence-corrected chi connectivity index (χ0v) is 21.4. The predicted molar refractivity (Wildman–Crippen MR) is 141 cm³/mol. The molecule has 0 unspecified atom stereocenters. The van der Waals surface area contributed by atoms with Crippen molar-refractivity contribution in [2.45, 2.75) is 39.7 Å². The van der Waals surface area contributed by atoms with Gasteiger partial charge in [-0.25, -0.2) is 0 Å². The summed E-state index contributed by atoms with van der Waals surface area (Å²) in [5.41, 5.74) is 1.81. The fourth-order valence-electron chi connectivity index (χ4n) is 3.72. The number of thioether (sulfide) groups is 1. The number of thiocarbonyl (C=S) groups is 1. The van der Waals surface area contributed by atoms with E-state index in [1.54, 1.807) is 32.1 Å². The van der Waals surface area contributed by atoms with E-state index < -0.39 is 0 Å². The SMILES string of the molecule is CCCCCN1C(=O)/C(=C\c2c(C)c(C#N)c(=O)n(C)c2NCc2ccc(OC)cc2)SC1=S. The van der Waals surface area contributed by atoms with Crippen LogP contribution in [0.15, 0.2) is 34.0 Å². The average molecular weight is 497 g/mol. The molecule has 2 aromatic rings. The number of benzene rings is 1. The molecule has 7 nitrogen and oxygen atoms in total. The number of amides is 1. The highest BCUT2D eigenvalue weighted by atomic mass is 32.2. The van der Waals surface area contributed by atoms with E-state index in [1.807, 2.05) is 30.3 Å². The summed E-state index contributed by atoms with van der Waals surface area (Å²) >= 11 is 6.70. The summed E-state index contributed by atoms with van der Waals surface area (Å²) < 4.78 is 7.16. The normalized spacial score (nSPS) is 14.6. The third-order valence-corrected chi connectivity index (χ3v) is 7.13. The minimum Gasteiger partial charge on any atom is -0.497 e. The minimum absolute atomic E-state index is 0.0576. The lowest BCUT2D eigenvalue weighted by Gasteiger charge is -2.18. The van der Waals surface area contributed by atoms with E-state index in [4.69, 9.17) is 17.0 Å². The second-order valence-electron chi connectivity index (χ2n) is 7.98. The third-order valence-electron chi connectivity index (χ3n) is 5.75. The number of carbonyl (C=O) groups is 1. The Balaban J connectivity index is 1.99. The van der Waals surface area contributed by atoms with E-state index in [9.17, 15) is 14.9 Å². The van der Waals surface area contributed by atoms with Gasteiger partial charge in [-0.2, -0.15) is 5.26 Å². The van der Waals surface area contributed by atoms with Crippen LogP contribution < -0.4 is 15.6 Å². The topological polar surface area (TPSA) is 87.4 Å². The van der Waals surface area contributed by atoms with Crippen molar-refractivity contribution in [2.24, 2.45) is 7.05 Å². The molecule has 0 atom stereocenters. The number of anilines is 1. The molecule has 1 aromatic carbocycles. The Morgan fingerprint density at radius 3 is 2.56 bits per heavy atom. The first-order valence-corrected chi connectivity index (χ1v) is 12.3. The van der Waals surface area contributed by atoms with Gasteiger partial charge in [-0.1, -0.05) is 55.9 Å². The molecule has 0 spiro atoms. The van der Waals surface area contributed by atoms with Crippen LogP contribution in [0.4, 0.5) is 5.82 Å². The average Bonchev–Trinajstić information content (AvgIpc) is 3.10. The Hall–Kier alpha value is -3.09. The molecule has 3 rings (SSSR count). The molecule has 34 heavy (non-hydrogen) atoms. The van der Waals surface area contributed by atoms with Crippen LogP contribution in [0, 0.1) is 18.3 Å². The highest BCUT2D eigenvalue weighted by Crippen LogP contribution is 2.35. The van der Waals surface area contributed by atoms with Gasteiger partial charge in [0.2, 0.25) is 0 Å². The highest BCUT2D eigenvalue weighted by molar-refractivity contribution is 8.26. The van der Waals surface area contributed by atoms with Crippen molar-refractivity contribution in [1.29, 1.82) is 5.26 Å². The Kier molecular flexibility index (Phi) is 8.53. The molecular weight excluding hydrogens is 468 g/mol. The molecule has 2 heterocycles. The number of unbranched alkanes of at least 4 members (excludes halogenated alkanes) is 2. The van der Waals surface area contributed by atoms with Crippen LogP contribution in [0.25, 0.3) is 6.08 Å². The molecule has 1 aliphatic heterocycles. The quantitative estimate of drug-likeness (QED) is 0.309. The maximum Gasteiger partial charge on any atom is 0.270 e. The van der Waals surface area contributed by atoms with Gasteiger partial charge in [0.1, 0.15) is 27.5 Å². The van der Waals surface area contributed by atoms with Gasteiger partial charge >= 0.3 is 0 Å². The first kappa shape index (κ1) is 25.5. The van der Waals surface area contributed by atoms with E-state index in [2.05, 4.69) is 12.2 Å². The molecule has 0 bridgehead atoms. The summed E-state index contributed by atoms with van der Waals surface area (Å²) in [6, 6.07) is 9.61. The zero-order chi connectivity index (χ0) is 24.8. The van der Waals surface area contributed by atoms with Crippen LogP contribution in [0.5, 0.6) is 5.75 Å². The Labute approximate surface area is 209 Å². The molecule has 0 aliphatic carbocycles. The van der Waals surface area contributed by atoms with E-state index in [1.165, 1.54) is 16.3 Å². The highest BCUT2D eigenvalue weighted by Gasteiger charge is 2.32. The van der Waals surface area contributed by atoms with Gasteiger partial charge in [0, 0.05) is 25.7 Å². The van der Waals surface area contributed by atoms with Gasteiger partial charge in [0.05, 0.1) is 12.0 Å². The van der Waals surface area contributed by atoms with Crippen molar-refractivity contribution in [3.63, 3.8) is 0 Å². The first-order valence-electron chi connectivity index (χ1n) is 11.1. The number of rotatable bonds is 9. The lowest BCUT2D eigenvalue weighted by molar-refractivity contribution is -0.122. The van der Waals surface area contributed by atoms with Crippen molar-refractivity contribution >= 4 is 46.1 Å². The van der Waals surface area contributed by atoms with Gasteiger partial charge in [-0.05, 0) is 42.7 Å². The van der Waals surface area contributed by atoms with E-state index in [0.29, 0.717) is 39.3 Å². The molecule has 1 saturated heterocycles. The molecule has 0 saturated carbocycles. The second-order valence-corrected chi connectivity index (χ2v) is 9.66. The van der Waals surface area contributed by atoms with Gasteiger partial charge in [-0.3, -0.25) is 19.1 Å². The van der Waals surface area contributed by atoms with Gasteiger partial charge in [0.15, 0.2) is 0 Å². The number of pyridine rings is 1. The molecule has 1 aromatic heterocycles. The molecule has 9 heteroatoms. The van der Waals surface area contributed by atoms with E-state index in [-0.39, 0.29) is 17.0 Å². The van der Waals surface area contributed by atoms with Crippen molar-refractivity contribution in [3.8, 4) is 11.8 Å². The number of ether oxygens (including phenoxy) is 1. The zero-order valence-electron chi connectivity index (χ0n) is 19.8. The maximum absolute atomic E-state index is 13.1. The molecule has 0 radical (unpaired) electrons. The Bertz CT molecular complexity index is 1230. The smallest absolute Gasteiger partial charge is 0.270 e. The monoisotopic (exact) mass is 496 g/mol. The lowest BCUT2D eigenvalue weighted by Crippen LogP contribution is -2.29. The van der Waals surface area contributed by atoms with Crippen LogP contribution >= 0.6 is 24.0 Å². The van der Waals surface area contributed by atoms with Crippen LogP contribution in [-0.4, -0.2) is 33.3 Å². The molecule has 178 valence electrons. The van der Waals surface area contributed by atoms with Crippen molar-refractivity contribution in [3.05, 3.63) is 61.8 Å². The van der Waals surface area contributed by atoms with Gasteiger partial charge < -0.3 is 10.1 Å². The summed E-state index contributed by atoms with van der Waals surface area (Å²) in [5, 5.41) is 12.9. The third kappa shape index (κ3) is 5.34. The van der Waals surface area contributed by atoms with Crippen LogP contribution in [0.3, 0.4) is 0 Å². The Morgan fingerprint density at radius 2 is 1.94 bits per heavy atom. The summed E-state index contributed by atoms with van der Waals surface area (Å²) in [6.45, 7) is 4.88. The first-order chi connectivity index (χ1) is 16.3. The Morgan fingerprint density at radius 1 is 1.24 bits per heavy atom. The number of methoxy groups -OCH3 is 1. The number of nitriles is 1. The number of nitrogens with one attached hydrogen (secondary N) is 1. The van der Waals surface area contributed by atoms with Crippen molar-refractivity contribution < 1.29 is 9.53 Å².